The highest BCUT2D eigenvalue weighted by atomic mass is 79.9. The second kappa shape index (κ2) is 4.65. The third-order valence-electron chi connectivity index (χ3n) is 2.51. The van der Waals surface area contributed by atoms with Gasteiger partial charge >= 0.3 is 0 Å². The molecular weight excluding hydrogens is 268 g/mol. The maximum Gasteiger partial charge on any atom is 0.151 e. The van der Waals surface area contributed by atoms with Crippen molar-refractivity contribution < 1.29 is 0 Å². The Balaban J connectivity index is 2.11. The highest BCUT2D eigenvalue weighted by Crippen LogP contribution is 2.23. The van der Waals surface area contributed by atoms with Crippen LogP contribution in [0.2, 0.25) is 0 Å². The van der Waals surface area contributed by atoms with E-state index >= 15 is 0 Å². The smallest absolute Gasteiger partial charge is 0.151 e. The van der Waals surface area contributed by atoms with Crippen molar-refractivity contribution in [2.75, 3.05) is 5.32 Å². The van der Waals surface area contributed by atoms with E-state index in [4.69, 9.17) is 0 Å². The Morgan fingerprint density at radius 1 is 1.44 bits per heavy atom. The fourth-order valence-electron chi connectivity index (χ4n) is 1.44. The minimum Gasteiger partial charge on any atom is -0.377 e. The first-order valence-corrected chi connectivity index (χ1v) is 5.79. The summed E-state index contributed by atoms with van der Waals surface area (Å²) in [6, 6.07) is 6.09. The van der Waals surface area contributed by atoms with Gasteiger partial charge in [-0.2, -0.15) is 0 Å². The molecule has 0 bridgehead atoms. The van der Waals surface area contributed by atoms with Crippen molar-refractivity contribution in [3.63, 3.8) is 0 Å². The maximum absolute atomic E-state index is 4.02. The third-order valence-corrected chi connectivity index (χ3v) is 3.37. The number of anilines is 1. The van der Waals surface area contributed by atoms with E-state index in [0.717, 1.165) is 16.0 Å². The van der Waals surface area contributed by atoms with Crippen molar-refractivity contribution in [3.8, 4) is 0 Å². The summed E-state index contributed by atoms with van der Waals surface area (Å²) in [7, 11) is 1.94. The average molecular weight is 281 g/mol. The first-order valence-electron chi connectivity index (χ1n) is 5.00. The Morgan fingerprint density at radius 3 is 2.94 bits per heavy atom. The van der Waals surface area contributed by atoms with Crippen LogP contribution < -0.4 is 5.32 Å². The molecular formula is C11H13BrN4. The average Bonchev–Trinajstić information content (AvgIpc) is 2.67. The molecule has 0 saturated heterocycles. The number of nitrogens with one attached hydrogen (secondary N) is 1. The SMILES string of the molecule is Cc1c(Br)cccc1NCc1nncn1C. The third kappa shape index (κ3) is 2.24. The molecule has 2 aromatic rings. The number of aromatic nitrogens is 3. The molecule has 84 valence electrons. The fourth-order valence-corrected chi connectivity index (χ4v) is 1.81. The molecule has 0 aliphatic rings. The van der Waals surface area contributed by atoms with E-state index in [1.807, 2.05) is 23.7 Å². The summed E-state index contributed by atoms with van der Waals surface area (Å²) in [4.78, 5) is 0. The van der Waals surface area contributed by atoms with Gasteiger partial charge in [0, 0.05) is 17.2 Å². The van der Waals surface area contributed by atoms with Crippen molar-refractivity contribution in [2.45, 2.75) is 13.5 Å². The maximum atomic E-state index is 4.02. The molecule has 1 heterocycles. The van der Waals surface area contributed by atoms with Gasteiger partial charge < -0.3 is 9.88 Å². The second-order valence-electron chi connectivity index (χ2n) is 3.62. The van der Waals surface area contributed by atoms with Gasteiger partial charge in [0.25, 0.3) is 0 Å². The van der Waals surface area contributed by atoms with Gasteiger partial charge in [0.05, 0.1) is 6.54 Å². The van der Waals surface area contributed by atoms with E-state index in [2.05, 4.69) is 44.4 Å². The van der Waals surface area contributed by atoms with Crippen molar-refractivity contribution in [1.29, 1.82) is 0 Å². The van der Waals surface area contributed by atoms with Gasteiger partial charge in [-0.25, -0.2) is 0 Å². The van der Waals surface area contributed by atoms with Crippen LogP contribution in [0.1, 0.15) is 11.4 Å². The molecule has 0 aliphatic carbocycles. The number of rotatable bonds is 3. The molecule has 1 aromatic carbocycles. The minimum atomic E-state index is 0.674. The molecule has 1 N–H and O–H groups in total. The van der Waals surface area contributed by atoms with Crippen molar-refractivity contribution in [2.24, 2.45) is 7.05 Å². The lowest BCUT2D eigenvalue weighted by Gasteiger charge is -2.09. The molecule has 0 spiro atoms. The molecule has 5 heteroatoms. The van der Waals surface area contributed by atoms with E-state index in [1.165, 1.54) is 5.56 Å². The van der Waals surface area contributed by atoms with Crippen LogP contribution in [-0.4, -0.2) is 14.8 Å². The number of benzene rings is 1. The Bertz CT molecular complexity index is 492. The Hall–Kier alpha value is -1.36. The highest BCUT2D eigenvalue weighted by Gasteiger charge is 2.03. The molecule has 0 aliphatic heterocycles. The predicted molar refractivity (Wildman–Crippen MR) is 67.2 cm³/mol. The lowest BCUT2D eigenvalue weighted by Crippen LogP contribution is -2.06. The molecule has 0 fully saturated rings. The lowest BCUT2D eigenvalue weighted by molar-refractivity contribution is 0.812. The summed E-state index contributed by atoms with van der Waals surface area (Å²) in [5.41, 5.74) is 2.31. The summed E-state index contributed by atoms with van der Waals surface area (Å²) in [5.74, 6) is 0.916. The highest BCUT2D eigenvalue weighted by molar-refractivity contribution is 9.10. The number of hydrogen-bond donors (Lipinski definition) is 1. The number of halogens is 1. The summed E-state index contributed by atoms with van der Waals surface area (Å²) in [6.07, 6.45) is 1.70. The molecule has 0 amide bonds. The van der Waals surface area contributed by atoms with E-state index in [1.54, 1.807) is 6.33 Å². The van der Waals surface area contributed by atoms with Gasteiger partial charge in [-0.3, -0.25) is 0 Å². The first kappa shape index (κ1) is 11.1. The Labute approximate surface area is 103 Å². The zero-order chi connectivity index (χ0) is 11.5. The number of hydrogen-bond acceptors (Lipinski definition) is 3. The van der Waals surface area contributed by atoms with Crippen molar-refractivity contribution >= 4 is 21.6 Å². The summed E-state index contributed by atoms with van der Waals surface area (Å²) < 4.78 is 3.01. The standard InChI is InChI=1S/C11H13BrN4/c1-8-9(12)4-3-5-10(8)13-6-11-15-14-7-16(11)2/h3-5,7,13H,6H2,1-2H3. The van der Waals surface area contributed by atoms with Crippen LogP contribution >= 0.6 is 15.9 Å². The normalized spacial score (nSPS) is 10.4. The van der Waals surface area contributed by atoms with Crippen LogP contribution in [0.15, 0.2) is 29.0 Å². The van der Waals surface area contributed by atoms with Gasteiger partial charge in [0.1, 0.15) is 6.33 Å². The Morgan fingerprint density at radius 2 is 2.25 bits per heavy atom. The van der Waals surface area contributed by atoms with Crippen LogP contribution in [-0.2, 0) is 13.6 Å². The van der Waals surface area contributed by atoms with Gasteiger partial charge in [-0.15, -0.1) is 10.2 Å². The molecule has 0 unspecified atom stereocenters. The van der Waals surface area contributed by atoms with E-state index in [-0.39, 0.29) is 0 Å². The van der Waals surface area contributed by atoms with Crippen molar-refractivity contribution in [1.82, 2.24) is 14.8 Å². The van der Waals surface area contributed by atoms with Gasteiger partial charge in [-0.05, 0) is 24.6 Å². The van der Waals surface area contributed by atoms with Crippen LogP contribution in [0.25, 0.3) is 0 Å². The van der Waals surface area contributed by atoms with Gasteiger partial charge in [0.2, 0.25) is 0 Å². The zero-order valence-corrected chi connectivity index (χ0v) is 10.8. The van der Waals surface area contributed by atoms with E-state index < -0.39 is 0 Å². The van der Waals surface area contributed by atoms with E-state index in [9.17, 15) is 0 Å². The van der Waals surface area contributed by atoms with Crippen LogP contribution in [0.5, 0.6) is 0 Å². The summed E-state index contributed by atoms with van der Waals surface area (Å²) in [5, 5.41) is 11.2. The van der Waals surface area contributed by atoms with Crippen LogP contribution in [0.3, 0.4) is 0 Å². The second-order valence-corrected chi connectivity index (χ2v) is 4.48. The number of aryl methyl sites for hydroxylation is 1. The molecule has 4 nitrogen and oxygen atoms in total. The molecule has 16 heavy (non-hydrogen) atoms. The minimum absolute atomic E-state index is 0.674. The molecule has 0 atom stereocenters. The largest absolute Gasteiger partial charge is 0.377 e. The van der Waals surface area contributed by atoms with Gasteiger partial charge in [-0.1, -0.05) is 22.0 Å². The first-order chi connectivity index (χ1) is 7.68. The number of nitrogens with zero attached hydrogens (tertiary/aromatic N) is 3. The van der Waals surface area contributed by atoms with Crippen LogP contribution in [0.4, 0.5) is 5.69 Å². The quantitative estimate of drug-likeness (QED) is 0.940. The van der Waals surface area contributed by atoms with Crippen molar-refractivity contribution in [3.05, 3.63) is 40.4 Å². The molecule has 0 radical (unpaired) electrons. The van der Waals surface area contributed by atoms with Gasteiger partial charge in [0.15, 0.2) is 5.82 Å². The fraction of sp³-hybridized carbons (Fsp3) is 0.273. The Kier molecular flexibility index (Phi) is 3.24. The molecule has 0 saturated carbocycles. The summed E-state index contributed by atoms with van der Waals surface area (Å²) in [6.45, 7) is 2.75. The monoisotopic (exact) mass is 280 g/mol. The van der Waals surface area contributed by atoms with Crippen LogP contribution in [0, 0.1) is 6.92 Å². The predicted octanol–water partition coefficient (Wildman–Crippen LogP) is 2.50. The van der Waals surface area contributed by atoms with E-state index in [0.29, 0.717) is 6.54 Å². The summed E-state index contributed by atoms with van der Waals surface area (Å²) >= 11 is 3.51. The molecule has 2 rings (SSSR count). The lowest BCUT2D eigenvalue weighted by atomic mass is 10.2. The molecule has 1 aromatic heterocycles. The zero-order valence-electron chi connectivity index (χ0n) is 9.24. The topological polar surface area (TPSA) is 42.7 Å².